The number of carbonyl (C=O) groups excluding carboxylic acids is 2. The summed E-state index contributed by atoms with van der Waals surface area (Å²) in [7, 11) is 1.46. The first-order valence-corrected chi connectivity index (χ1v) is 4.74. The zero-order chi connectivity index (χ0) is 10.6. The topological polar surface area (TPSA) is 72.6 Å². The van der Waals surface area contributed by atoms with Crippen LogP contribution in [0.5, 0.6) is 0 Å². The molecule has 14 heavy (non-hydrogen) atoms. The molecule has 1 saturated heterocycles. The van der Waals surface area contributed by atoms with E-state index in [1.165, 1.54) is 12.0 Å². The normalized spacial score (nSPS) is 22.1. The lowest BCUT2D eigenvalue weighted by atomic mass is 10.0. The van der Waals surface area contributed by atoms with Crippen molar-refractivity contribution in [1.82, 2.24) is 4.90 Å². The Balaban J connectivity index is 2.62. The summed E-state index contributed by atoms with van der Waals surface area (Å²) in [5.41, 5.74) is 5.22. The molecule has 1 aliphatic heterocycles. The lowest BCUT2D eigenvalue weighted by molar-refractivity contribution is -0.144. The van der Waals surface area contributed by atoms with Gasteiger partial charge in [0.2, 0.25) is 11.8 Å². The number of hydrogen-bond acceptors (Lipinski definition) is 3. The van der Waals surface area contributed by atoms with Gasteiger partial charge in [-0.1, -0.05) is 0 Å². The van der Waals surface area contributed by atoms with Crippen LogP contribution in [0, 0.1) is 0 Å². The van der Waals surface area contributed by atoms with Crippen LogP contribution in [-0.2, 0) is 14.3 Å². The number of carbonyl (C=O) groups is 2. The SMILES string of the molecule is COCC(=O)N1CCCC[C@@H]1C(N)=O. The molecule has 2 amide bonds. The Morgan fingerprint density at radius 2 is 2.21 bits per heavy atom. The highest BCUT2D eigenvalue weighted by Crippen LogP contribution is 2.16. The van der Waals surface area contributed by atoms with E-state index in [0.29, 0.717) is 13.0 Å². The van der Waals surface area contributed by atoms with E-state index >= 15 is 0 Å². The van der Waals surface area contributed by atoms with E-state index in [1.807, 2.05) is 0 Å². The minimum absolute atomic E-state index is 0.0176. The molecule has 0 aromatic rings. The molecular formula is C9H16N2O3. The number of hydrogen-bond donors (Lipinski definition) is 1. The van der Waals surface area contributed by atoms with Crippen LogP contribution < -0.4 is 5.73 Å². The van der Waals surface area contributed by atoms with Crippen molar-refractivity contribution < 1.29 is 14.3 Å². The fourth-order valence-electron chi connectivity index (χ4n) is 1.73. The summed E-state index contributed by atoms with van der Waals surface area (Å²) in [4.78, 5) is 24.1. The number of ether oxygens (including phenoxy) is 1. The van der Waals surface area contributed by atoms with Crippen LogP contribution in [-0.4, -0.2) is 43.0 Å². The Morgan fingerprint density at radius 1 is 1.50 bits per heavy atom. The lowest BCUT2D eigenvalue weighted by Gasteiger charge is -2.33. The first-order chi connectivity index (χ1) is 6.66. The number of likely N-dealkylation sites (tertiary alicyclic amines) is 1. The van der Waals surface area contributed by atoms with Gasteiger partial charge in [0.1, 0.15) is 12.6 Å². The molecule has 80 valence electrons. The van der Waals surface area contributed by atoms with Gasteiger partial charge in [0, 0.05) is 13.7 Å². The van der Waals surface area contributed by atoms with E-state index in [1.54, 1.807) is 0 Å². The molecule has 1 aliphatic rings. The van der Waals surface area contributed by atoms with Crippen molar-refractivity contribution in [2.45, 2.75) is 25.3 Å². The zero-order valence-corrected chi connectivity index (χ0v) is 8.36. The molecular weight excluding hydrogens is 184 g/mol. The van der Waals surface area contributed by atoms with Gasteiger partial charge in [-0.25, -0.2) is 0 Å². The van der Waals surface area contributed by atoms with Crippen molar-refractivity contribution in [3.8, 4) is 0 Å². The number of nitrogens with zero attached hydrogens (tertiary/aromatic N) is 1. The third kappa shape index (κ3) is 2.45. The second-order valence-electron chi connectivity index (χ2n) is 3.43. The maximum atomic E-state index is 11.5. The summed E-state index contributed by atoms with van der Waals surface area (Å²) in [6.45, 7) is 0.625. The van der Waals surface area contributed by atoms with Crippen LogP contribution in [0.25, 0.3) is 0 Å². The molecule has 2 N–H and O–H groups in total. The Kier molecular flexibility index (Phi) is 3.88. The highest BCUT2D eigenvalue weighted by atomic mass is 16.5. The molecule has 0 radical (unpaired) electrons. The fraction of sp³-hybridized carbons (Fsp3) is 0.778. The van der Waals surface area contributed by atoms with Crippen LogP contribution >= 0.6 is 0 Å². The lowest BCUT2D eigenvalue weighted by Crippen LogP contribution is -2.51. The number of nitrogens with two attached hydrogens (primary N) is 1. The zero-order valence-electron chi connectivity index (χ0n) is 8.36. The van der Waals surface area contributed by atoms with E-state index in [9.17, 15) is 9.59 Å². The average molecular weight is 200 g/mol. The summed E-state index contributed by atoms with van der Waals surface area (Å²) in [6.07, 6.45) is 2.55. The van der Waals surface area contributed by atoms with Gasteiger partial charge in [0.25, 0.3) is 0 Å². The number of primary amides is 1. The van der Waals surface area contributed by atoms with Crippen molar-refractivity contribution in [1.29, 1.82) is 0 Å². The second-order valence-corrected chi connectivity index (χ2v) is 3.43. The third-order valence-electron chi connectivity index (χ3n) is 2.42. The monoisotopic (exact) mass is 200 g/mol. The molecule has 0 aromatic heterocycles. The van der Waals surface area contributed by atoms with Gasteiger partial charge in [-0.05, 0) is 19.3 Å². The first-order valence-electron chi connectivity index (χ1n) is 4.74. The molecule has 1 rings (SSSR count). The molecule has 1 fully saturated rings. The smallest absolute Gasteiger partial charge is 0.249 e. The van der Waals surface area contributed by atoms with Gasteiger partial charge >= 0.3 is 0 Å². The second kappa shape index (κ2) is 4.95. The van der Waals surface area contributed by atoms with Crippen LogP contribution in [0.4, 0.5) is 0 Å². The number of rotatable bonds is 3. The molecule has 5 nitrogen and oxygen atoms in total. The number of amides is 2. The van der Waals surface area contributed by atoms with Gasteiger partial charge in [-0.2, -0.15) is 0 Å². The summed E-state index contributed by atoms with van der Waals surface area (Å²) in [6, 6.07) is -0.439. The van der Waals surface area contributed by atoms with Gasteiger partial charge in [-0.15, -0.1) is 0 Å². The molecule has 1 atom stereocenters. The standard InChI is InChI=1S/C9H16N2O3/c1-14-6-8(12)11-5-3-2-4-7(11)9(10)13/h7H,2-6H2,1H3,(H2,10,13)/t7-/m1/s1. The van der Waals surface area contributed by atoms with Gasteiger partial charge in [0.05, 0.1) is 0 Å². The molecule has 0 spiro atoms. The maximum absolute atomic E-state index is 11.5. The summed E-state index contributed by atoms with van der Waals surface area (Å²) < 4.78 is 4.74. The minimum atomic E-state index is -0.439. The van der Waals surface area contributed by atoms with E-state index in [4.69, 9.17) is 10.5 Å². The molecule has 0 bridgehead atoms. The number of piperidine rings is 1. The minimum Gasteiger partial charge on any atom is -0.375 e. The van der Waals surface area contributed by atoms with Crippen LogP contribution in [0.3, 0.4) is 0 Å². The van der Waals surface area contributed by atoms with Crippen LogP contribution in [0.2, 0.25) is 0 Å². The van der Waals surface area contributed by atoms with Gasteiger partial charge in [0.15, 0.2) is 0 Å². The van der Waals surface area contributed by atoms with Gasteiger partial charge < -0.3 is 15.4 Å². The highest BCUT2D eigenvalue weighted by molar-refractivity contribution is 5.87. The van der Waals surface area contributed by atoms with Crippen molar-refractivity contribution in [2.24, 2.45) is 5.73 Å². The predicted molar refractivity (Wildman–Crippen MR) is 50.4 cm³/mol. The fourth-order valence-corrected chi connectivity index (χ4v) is 1.73. The Morgan fingerprint density at radius 3 is 2.79 bits per heavy atom. The van der Waals surface area contributed by atoms with E-state index in [-0.39, 0.29) is 12.5 Å². The van der Waals surface area contributed by atoms with Crippen molar-refractivity contribution in [3.63, 3.8) is 0 Å². The Labute approximate surface area is 83.2 Å². The predicted octanol–water partition coefficient (Wildman–Crippen LogP) is -0.501. The molecule has 0 aliphatic carbocycles. The number of methoxy groups -OCH3 is 1. The van der Waals surface area contributed by atoms with E-state index < -0.39 is 11.9 Å². The quantitative estimate of drug-likeness (QED) is 0.667. The molecule has 0 aromatic carbocycles. The molecule has 0 unspecified atom stereocenters. The molecule has 5 heteroatoms. The van der Waals surface area contributed by atoms with Gasteiger partial charge in [-0.3, -0.25) is 9.59 Å². The summed E-state index contributed by atoms with van der Waals surface area (Å²) in [5.74, 6) is -0.579. The van der Waals surface area contributed by atoms with Crippen molar-refractivity contribution in [2.75, 3.05) is 20.3 Å². The largest absolute Gasteiger partial charge is 0.375 e. The summed E-state index contributed by atoms with van der Waals surface area (Å²) in [5, 5.41) is 0. The highest BCUT2D eigenvalue weighted by Gasteiger charge is 2.30. The first kappa shape index (κ1) is 11.0. The summed E-state index contributed by atoms with van der Waals surface area (Å²) >= 11 is 0. The van der Waals surface area contributed by atoms with Crippen molar-refractivity contribution in [3.05, 3.63) is 0 Å². The maximum Gasteiger partial charge on any atom is 0.249 e. The Hall–Kier alpha value is -1.10. The molecule has 1 heterocycles. The Bertz CT molecular complexity index is 230. The van der Waals surface area contributed by atoms with E-state index in [2.05, 4.69) is 0 Å². The van der Waals surface area contributed by atoms with Crippen LogP contribution in [0.15, 0.2) is 0 Å². The van der Waals surface area contributed by atoms with Crippen LogP contribution in [0.1, 0.15) is 19.3 Å². The average Bonchev–Trinajstić information content (AvgIpc) is 2.18. The third-order valence-corrected chi connectivity index (χ3v) is 2.42. The van der Waals surface area contributed by atoms with E-state index in [0.717, 1.165) is 12.8 Å². The molecule has 0 saturated carbocycles. The van der Waals surface area contributed by atoms with Crippen molar-refractivity contribution >= 4 is 11.8 Å².